The molecule has 0 heterocycles. The molecule has 328 valence electrons. The number of likely N-dealkylation sites (N-methyl/N-ethyl adjacent to an activating group) is 1. The number of nitrogens with one attached hydrogen (secondary N) is 1. The Morgan fingerprint density at radius 2 is 1.07 bits per heavy atom. The average molecular weight is 818 g/mol. The van der Waals surface area contributed by atoms with Crippen molar-refractivity contribution in [2.45, 2.75) is 174 Å². The van der Waals surface area contributed by atoms with Crippen LogP contribution in [0.2, 0.25) is 0 Å². The molecular weight excluding hydrogens is 732 g/mol. The van der Waals surface area contributed by atoms with Crippen LogP contribution in [0.1, 0.15) is 162 Å². The van der Waals surface area contributed by atoms with Crippen LogP contribution in [-0.4, -0.2) is 73.4 Å². The molecule has 3 atom stereocenters. The van der Waals surface area contributed by atoms with Gasteiger partial charge in [-0.25, -0.2) is 4.57 Å². The molecule has 0 aliphatic rings. The lowest BCUT2D eigenvalue weighted by molar-refractivity contribution is -0.870. The van der Waals surface area contributed by atoms with Gasteiger partial charge >= 0.3 is 7.82 Å². The fourth-order valence-corrected chi connectivity index (χ4v) is 6.52. The quantitative estimate of drug-likeness (QED) is 0.0247. The first-order valence-corrected chi connectivity index (χ1v) is 24.0. The van der Waals surface area contributed by atoms with E-state index in [0.717, 1.165) is 70.6 Å². The monoisotopic (exact) mass is 818 g/mol. The third kappa shape index (κ3) is 41.6. The molecule has 0 bridgehead atoms. The summed E-state index contributed by atoms with van der Waals surface area (Å²) in [4.78, 5) is 23.1. The van der Waals surface area contributed by atoms with Gasteiger partial charge in [-0.1, -0.05) is 163 Å². The Morgan fingerprint density at radius 1 is 0.614 bits per heavy atom. The maximum atomic E-state index is 12.9. The number of hydrogen-bond acceptors (Lipinski definition) is 5. The number of aliphatic hydroxyl groups is 1. The molecule has 0 aromatic carbocycles. The Kier molecular flexibility index (Phi) is 37.6. The van der Waals surface area contributed by atoms with E-state index in [2.05, 4.69) is 92.1 Å². The van der Waals surface area contributed by atoms with Crippen molar-refractivity contribution in [1.29, 1.82) is 0 Å². The first-order chi connectivity index (χ1) is 27.5. The second-order valence-corrected chi connectivity index (χ2v) is 17.5. The number of carbonyl (C=O) groups excluding carboxylic acids is 1. The molecule has 8 nitrogen and oxygen atoms in total. The van der Waals surface area contributed by atoms with E-state index in [1.54, 1.807) is 6.08 Å². The van der Waals surface area contributed by atoms with Crippen molar-refractivity contribution in [2.24, 2.45) is 0 Å². The summed E-state index contributed by atoms with van der Waals surface area (Å²) in [5, 5.41) is 13.8. The Morgan fingerprint density at radius 3 is 1.61 bits per heavy atom. The van der Waals surface area contributed by atoms with Gasteiger partial charge in [-0.15, -0.1) is 0 Å². The van der Waals surface area contributed by atoms with Gasteiger partial charge in [0.15, 0.2) is 0 Å². The summed E-state index contributed by atoms with van der Waals surface area (Å²) < 4.78 is 23.5. The van der Waals surface area contributed by atoms with E-state index in [1.807, 2.05) is 27.2 Å². The molecule has 0 spiro atoms. The third-order valence-corrected chi connectivity index (χ3v) is 10.3. The molecule has 0 aliphatic heterocycles. The lowest BCUT2D eigenvalue weighted by Gasteiger charge is -2.25. The van der Waals surface area contributed by atoms with Gasteiger partial charge in [-0.05, 0) is 77.0 Å². The van der Waals surface area contributed by atoms with Gasteiger partial charge < -0.3 is 19.8 Å². The molecular formula is C48H86N2O6P+. The standard InChI is InChI=1S/C48H85N2O6P/c1-6-8-10-12-14-16-18-20-22-24-25-26-28-30-32-34-36-38-40-42-48(52)49-46(45-56-57(53,54)55-44-43-50(3,4)5)47(51)41-39-37-35-33-31-29-27-23-21-19-17-15-13-11-9-7-2/h8,10,14,16,20,22,25-26,30-33,39,41,46-47,51H,6-7,9,11-13,15,17-19,21,23-24,27-29,34-38,40,42-45H2,1-5H3,(H-,49,52,53,54)/p+1/b10-8-,16-14-,22-20-,26-25-,32-30-,33-31+,41-39+. The Balaban J connectivity index is 4.56. The van der Waals surface area contributed by atoms with Gasteiger partial charge in [0.1, 0.15) is 13.2 Å². The molecule has 0 radical (unpaired) electrons. The maximum absolute atomic E-state index is 12.9. The summed E-state index contributed by atoms with van der Waals surface area (Å²) in [5.74, 6) is -0.223. The second-order valence-electron chi connectivity index (χ2n) is 16.0. The largest absolute Gasteiger partial charge is 0.472 e. The van der Waals surface area contributed by atoms with Gasteiger partial charge in [0.05, 0.1) is 39.9 Å². The predicted octanol–water partition coefficient (Wildman–Crippen LogP) is 12.6. The fraction of sp³-hybridized carbons (Fsp3) is 0.688. The van der Waals surface area contributed by atoms with Crippen LogP contribution in [0.5, 0.6) is 0 Å². The number of phosphoric acid groups is 1. The summed E-state index contributed by atoms with van der Waals surface area (Å²) in [6.07, 6.45) is 53.7. The number of nitrogens with zero attached hydrogens (tertiary/aromatic N) is 1. The van der Waals surface area contributed by atoms with Crippen LogP contribution in [0.4, 0.5) is 0 Å². The number of phosphoric ester groups is 1. The van der Waals surface area contributed by atoms with Crippen LogP contribution in [0, 0.1) is 0 Å². The number of hydrogen-bond donors (Lipinski definition) is 3. The van der Waals surface area contributed by atoms with Crippen molar-refractivity contribution in [3.63, 3.8) is 0 Å². The van der Waals surface area contributed by atoms with Crippen LogP contribution in [0.3, 0.4) is 0 Å². The average Bonchev–Trinajstić information content (AvgIpc) is 3.16. The lowest BCUT2D eigenvalue weighted by atomic mass is 10.1. The SMILES string of the molecule is CC/C=C\C/C=C\C/C=C\C/C=C\C/C=C\CCCCCC(=O)NC(COP(=O)(O)OCC[N+](C)(C)C)C(O)/C=C/CC/C=C/CCCCCCCCCCCC. The number of unbranched alkanes of at least 4 members (excludes halogenated alkanes) is 14. The van der Waals surface area contributed by atoms with E-state index >= 15 is 0 Å². The zero-order valence-corrected chi connectivity index (χ0v) is 37.9. The molecule has 0 rings (SSSR count). The summed E-state index contributed by atoms with van der Waals surface area (Å²) in [6, 6.07) is -0.885. The predicted molar refractivity (Wildman–Crippen MR) is 244 cm³/mol. The van der Waals surface area contributed by atoms with E-state index in [1.165, 1.54) is 64.2 Å². The highest BCUT2D eigenvalue weighted by Crippen LogP contribution is 2.43. The number of rotatable bonds is 39. The van der Waals surface area contributed by atoms with Crippen LogP contribution < -0.4 is 5.32 Å². The van der Waals surface area contributed by atoms with Gasteiger partial charge in [-0.2, -0.15) is 0 Å². The maximum Gasteiger partial charge on any atom is 0.472 e. The first-order valence-electron chi connectivity index (χ1n) is 22.5. The van der Waals surface area contributed by atoms with Crippen LogP contribution in [0.25, 0.3) is 0 Å². The van der Waals surface area contributed by atoms with E-state index < -0.39 is 20.0 Å². The van der Waals surface area contributed by atoms with Crippen molar-refractivity contribution in [3.8, 4) is 0 Å². The third-order valence-electron chi connectivity index (χ3n) is 9.35. The normalized spacial score (nSPS) is 15.1. The summed E-state index contributed by atoms with van der Waals surface area (Å²) >= 11 is 0. The van der Waals surface area contributed by atoms with E-state index in [-0.39, 0.29) is 19.1 Å². The Labute approximate surface area is 350 Å². The highest BCUT2D eigenvalue weighted by molar-refractivity contribution is 7.47. The highest BCUT2D eigenvalue weighted by Gasteiger charge is 2.27. The lowest BCUT2D eigenvalue weighted by Crippen LogP contribution is -2.45. The minimum absolute atomic E-state index is 0.0447. The molecule has 0 fully saturated rings. The van der Waals surface area contributed by atoms with Crippen LogP contribution in [-0.2, 0) is 18.4 Å². The minimum Gasteiger partial charge on any atom is -0.387 e. The van der Waals surface area contributed by atoms with Gasteiger partial charge in [-0.3, -0.25) is 13.8 Å². The zero-order chi connectivity index (χ0) is 42.1. The minimum atomic E-state index is -4.36. The summed E-state index contributed by atoms with van der Waals surface area (Å²) in [5.41, 5.74) is 0. The molecule has 0 aromatic heterocycles. The summed E-state index contributed by atoms with van der Waals surface area (Å²) in [6.45, 7) is 4.63. The fourth-order valence-electron chi connectivity index (χ4n) is 5.79. The number of aliphatic hydroxyl groups excluding tert-OH is 1. The topological polar surface area (TPSA) is 105 Å². The van der Waals surface area contributed by atoms with Crippen LogP contribution >= 0.6 is 7.82 Å². The molecule has 0 aliphatic carbocycles. The second kappa shape index (κ2) is 39.2. The van der Waals surface area contributed by atoms with E-state index in [9.17, 15) is 19.4 Å². The van der Waals surface area contributed by atoms with E-state index in [0.29, 0.717) is 23.9 Å². The molecule has 9 heteroatoms. The Bertz CT molecular complexity index is 1200. The zero-order valence-electron chi connectivity index (χ0n) is 37.0. The molecule has 57 heavy (non-hydrogen) atoms. The molecule has 0 aromatic rings. The molecule has 0 saturated heterocycles. The molecule has 1 amide bonds. The van der Waals surface area contributed by atoms with Crippen molar-refractivity contribution < 1.29 is 32.9 Å². The van der Waals surface area contributed by atoms with Gasteiger partial charge in [0, 0.05) is 6.42 Å². The van der Waals surface area contributed by atoms with Crippen molar-refractivity contribution in [2.75, 3.05) is 40.9 Å². The molecule has 0 saturated carbocycles. The molecule has 3 N–H and O–H groups in total. The number of amides is 1. The van der Waals surface area contributed by atoms with Gasteiger partial charge in [0.25, 0.3) is 0 Å². The van der Waals surface area contributed by atoms with Crippen molar-refractivity contribution in [1.82, 2.24) is 5.32 Å². The smallest absolute Gasteiger partial charge is 0.387 e. The number of carbonyl (C=O) groups is 1. The summed E-state index contributed by atoms with van der Waals surface area (Å²) in [7, 11) is 1.52. The molecule has 3 unspecified atom stereocenters. The van der Waals surface area contributed by atoms with Gasteiger partial charge in [0.2, 0.25) is 5.91 Å². The number of quaternary nitrogens is 1. The van der Waals surface area contributed by atoms with Crippen LogP contribution in [0.15, 0.2) is 85.1 Å². The Hall–Kier alpha value is -2.32. The van der Waals surface area contributed by atoms with E-state index in [4.69, 9.17) is 9.05 Å². The highest BCUT2D eigenvalue weighted by atomic mass is 31.2. The first kappa shape index (κ1) is 54.7. The number of allylic oxidation sites excluding steroid dienone is 13. The van der Waals surface area contributed by atoms with Crippen molar-refractivity contribution in [3.05, 3.63) is 85.1 Å². The van der Waals surface area contributed by atoms with Crippen molar-refractivity contribution >= 4 is 13.7 Å².